The minimum Gasteiger partial charge on any atom is -0.478 e. The van der Waals surface area contributed by atoms with Crippen LogP contribution in [-0.4, -0.2) is 21.0 Å². The molecule has 8 heteroatoms. The first-order valence-corrected chi connectivity index (χ1v) is 7.15. The molecule has 0 unspecified atom stereocenters. The van der Waals surface area contributed by atoms with Gasteiger partial charge in [-0.3, -0.25) is 0 Å². The Morgan fingerprint density at radius 3 is 2.50 bits per heavy atom. The summed E-state index contributed by atoms with van der Waals surface area (Å²) in [7, 11) is 0. The van der Waals surface area contributed by atoms with Gasteiger partial charge in [0, 0.05) is 6.54 Å². The third-order valence-corrected chi connectivity index (χ3v) is 4.26. The van der Waals surface area contributed by atoms with Crippen LogP contribution >= 0.6 is 0 Å². The largest absolute Gasteiger partial charge is 0.478 e. The molecule has 3 rings (SSSR count). The van der Waals surface area contributed by atoms with Crippen LogP contribution in [0.3, 0.4) is 0 Å². The predicted octanol–water partition coefficient (Wildman–Crippen LogP) is 3.45. The number of carboxylic acid groups (broad SMARTS) is 1. The van der Waals surface area contributed by atoms with Crippen molar-refractivity contribution in [3.63, 3.8) is 0 Å². The molecule has 126 valence electrons. The van der Waals surface area contributed by atoms with Crippen LogP contribution in [0, 0.1) is 0 Å². The number of aromatic carboxylic acids is 1. The van der Waals surface area contributed by atoms with Crippen molar-refractivity contribution in [2.75, 3.05) is 4.90 Å². The number of benzene rings is 1. The number of nitrogens with zero attached hydrogens (tertiary/aromatic N) is 3. The second kappa shape index (κ2) is 5.19. The molecule has 0 aliphatic carbocycles. The number of fused-ring (bicyclic) bond motifs is 1. The van der Waals surface area contributed by atoms with Gasteiger partial charge in [-0.2, -0.15) is 13.2 Å². The molecule has 0 saturated heterocycles. The van der Waals surface area contributed by atoms with Gasteiger partial charge in [-0.05, 0) is 31.0 Å². The lowest BCUT2D eigenvalue weighted by Crippen LogP contribution is -2.36. The maximum atomic E-state index is 12.6. The molecule has 0 saturated carbocycles. The fourth-order valence-electron chi connectivity index (χ4n) is 3.01. The first-order valence-electron chi connectivity index (χ1n) is 7.15. The van der Waals surface area contributed by atoms with E-state index in [2.05, 4.69) is 9.97 Å². The van der Waals surface area contributed by atoms with Crippen LogP contribution in [0.15, 0.2) is 30.6 Å². The summed E-state index contributed by atoms with van der Waals surface area (Å²) in [5.41, 5.74) is -0.0504. The van der Waals surface area contributed by atoms with Gasteiger partial charge in [-0.1, -0.05) is 12.1 Å². The molecule has 0 spiro atoms. The molecule has 0 atom stereocenters. The van der Waals surface area contributed by atoms with Gasteiger partial charge in [-0.25, -0.2) is 14.8 Å². The van der Waals surface area contributed by atoms with Crippen LogP contribution in [0.2, 0.25) is 0 Å². The van der Waals surface area contributed by atoms with Crippen molar-refractivity contribution >= 4 is 11.8 Å². The highest BCUT2D eigenvalue weighted by molar-refractivity contribution is 5.90. The van der Waals surface area contributed by atoms with E-state index < -0.39 is 23.4 Å². The van der Waals surface area contributed by atoms with Crippen molar-refractivity contribution in [2.24, 2.45) is 0 Å². The molecular formula is C16H14F3N3O2. The quantitative estimate of drug-likeness (QED) is 0.909. The Labute approximate surface area is 135 Å². The summed E-state index contributed by atoms with van der Waals surface area (Å²) < 4.78 is 37.9. The van der Waals surface area contributed by atoms with E-state index in [1.54, 1.807) is 11.0 Å². The van der Waals surface area contributed by atoms with Crippen LogP contribution in [0.4, 0.5) is 19.0 Å². The van der Waals surface area contributed by atoms with Gasteiger partial charge in [0.05, 0.1) is 23.5 Å². The summed E-state index contributed by atoms with van der Waals surface area (Å²) in [5, 5.41) is 9.33. The average Bonchev–Trinajstić information content (AvgIpc) is 2.78. The van der Waals surface area contributed by atoms with Crippen molar-refractivity contribution in [2.45, 2.75) is 32.1 Å². The Balaban J connectivity index is 2.02. The molecule has 1 aliphatic rings. The fourth-order valence-corrected chi connectivity index (χ4v) is 3.01. The molecule has 0 fully saturated rings. The molecule has 1 aromatic carbocycles. The number of carbonyl (C=O) groups is 1. The summed E-state index contributed by atoms with van der Waals surface area (Å²) >= 11 is 0. The van der Waals surface area contributed by atoms with Crippen molar-refractivity contribution in [3.8, 4) is 0 Å². The highest BCUT2D eigenvalue weighted by atomic mass is 19.4. The number of carboxylic acids is 1. The van der Waals surface area contributed by atoms with Gasteiger partial charge < -0.3 is 10.0 Å². The van der Waals surface area contributed by atoms with Gasteiger partial charge in [0.15, 0.2) is 5.69 Å². The first-order chi connectivity index (χ1) is 11.1. The maximum absolute atomic E-state index is 12.6. The minimum atomic E-state index is -4.55. The topological polar surface area (TPSA) is 66.3 Å². The standard InChI is InChI=1S/C16H14F3N3O2/c1-15(2)11-5-3-4-9(14(23)24)10(11)8-22(15)13-7-20-12(6-21-13)16(17,18)19/h3-7H,8H2,1-2H3,(H,23,24). The van der Waals surface area contributed by atoms with E-state index >= 15 is 0 Å². The lowest BCUT2D eigenvalue weighted by Gasteiger charge is -2.33. The van der Waals surface area contributed by atoms with E-state index in [4.69, 9.17) is 0 Å². The summed E-state index contributed by atoms with van der Waals surface area (Å²) in [5.74, 6) is -0.774. The second-order valence-corrected chi connectivity index (χ2v) is 6.04. The molecule has 24 heavy (non-hydrogen) atoms. The summed E-state index contributed by atoms with van der Waals surface area (Å²) in [6.07, 6.45) is -2.80. The van der Waals surface area contributed by atoms with Crippen LogP contribution < -0.4 is 4.90 Å². The Morgan fingerprint density at radius 1 is 1.25 bits per heavy atom. The first kappa shape index (κ1) is 16.2. The normalized spacial score (nSPS) is 16.1. The lowest BCUT2D eigenvalue weighted by molar-refractivity contribution is -0.141. The minimum absolute atomic E-state index is 0.183. The Morgan fingerprint density at radius 2 is 1.96 bits per heavy atom. The molecule has 1 N–H and O–H groups in total. The van der Waals surface area contributed by atoms with E-state index in [0.29, 0.717) is 11.8 Å². The van der Waals surface area contributed by atoms with Crippen molar-refractivity contribution in [1.29, 1.82) is 0 Å². The molecule has 1 aliphatic heterocycles. The molecule has 1 aromatic heterocycles. The van der Waals surface area contributed by atoms with Gasteiger partial charge in [0.1, 0.15) is 5.82 Å². The Hall–Kier alpha value is -2.64. The van der Waals surface area contributed by atoms with Crippen LogP contribution in [0.5, 0.6) is 0 Å². The number of rotatable bonds is 2. The van der Waals surface area contributed by atoms with Crippen LogP contribution in [-0.2, 0) is 18.3 Å². The third-order valence-electron chi connectivity index (χ3n) is 4.26. The predicted molar refractivity (Wildman–Crippen MR) is 79.6 cm³/mol. The van der Waals surface area contributed by atoms with Gasteiger partial charge in [-0.15, -0.1) is 0 Å². The second-order valence-electron chi connectivity index (χ2n) is 6.04. The zero-order chi connectivity index (χ0) is 17.7. The highest BCUT2D eigenvalue weighted by Crippen LogP contribution is 2.42. The number of hydrogen-bond acceptors (Lipinski definition) is 4. The lowest BCUT2D eigenvalue weighted by atomic mass is 9.91. The number of aromatic nitrogens is 2. The number of anilines is 1. The van der Waals surface area contributed by atoms with E-state index in [0.717, 1.165) is 11.8 Å². The van der Waals surface area contributed by atoms with E-state index in [-0.39, 0.29) is 17.9 Å². The van der Waals surface area contributed by atoms with Gasteiger partial charge in [0.25, 0.3) is 0 Å². The SMILES string of the molecule is CC1(C)c2cccc(C(=O)O)c2CN1c1cnc(C(F)(F)F)cn1. The van der Waals surface area contributed by atoms with Crippen LogP contribution in [0.1, 0.15) is 41.0 Å². The summed E-state index contributed by atoms with van der Waals surface area (Å²) in [6.45, 7) is 3.97. The zero-order valence-electron chi connectivity index (χ0n) is 12.9. The summed E-state index contributed by atoms with van der Waals surface area (Å²) in [6, 6.07) is 4.99. The van der Waals surface area contributed by atoms with E-state index in [1.807, 2.05) is 19.9 Å². The van der Waals surface area contributed by atoms with Crippen molar-refractivity contribution in [1.82, 2.24) is 9.97 Å². The van der Waals surface area contributed by atoms with Crippen molar-refractivity contribution in [3.05, 3.63) is 53.0 Å². The van der Waals surface area contributed by atoms with Crippen molar-refractivity contribution < 1.29 is 23.1 Å². The number of halogens is 3. The van der Waals surface area contributed by atoms with Gasteiger partial charge >= 0.3 is 12.1 Å². The molecule has 5 nitrogen and oxygen atoms in total. The molecule has 0 amide bonds. The Kier molecular flexibility index (Phi) is 3.51. The fraction of sp³-hybridized carbons (Fsp3) is 0.312. The summed E-state index contributed by atoms with van der Waals surface area (Å²) in [4.78, 5) is 20.5. The smallest absolute Gasteiger partial charge is 0.434 e. The molecule has 2 heterocycles. The molecular weight excluding hydrogens is 323 g/mol. The number of hydrogen-bond donors (Lipinski definition) is 1. The average molecular weight is 337 g/mol. The number of alkyl halides is 3. The third kappa shape index (κ3) is 2.47. The van der Waals surface area contributed by atoms with E-state index in [1.165, 1.54) is 6.07 Å². The monoisotopic (exact) mass is 337 g/mol. The molecule has 0 bridgehead atoms. The van der Waals surface area contributed by atoms with E-state index in [9.17, 15) is 23.1 Å². The molecule has 0 radical (unpaired) electrons. The van der Waals surface area contributed by atoms with Crippen LogP contribution in [0.25, 0.3) is 0 Å². The zero-order valence-corrected chi connectivity index (χ0v) is 12.9. The van der Waals surface area contributed by atoms with Gasteiger partial charge in [0.2, 0.25) is 0 Å². The Bertz CT molecular complexity index is 801. The molecule has 2 aromatic rings. The maximum Gasteiger partial charge on any atom is 0.434 e. The highest BCUT2D eigenvalue weighted by Gasteiger charge is 2.40.